The first-order valence-electron chi connectivity index (χ1n) is 0.730. The van der Waals surface area contributed by atoms with Crippen LogP contribution in [-0.4, -0.2) is 12.3 Å². The van der Waals surface area contributed by atoms with Gasteiger partial charge in [-0.05, 0) is 0 Å². The van der Waals surface area contributed by atoms with Crippen molar-refractivity contribution in [3.05, 3.63) is 0 Å². The van der Waals surface area contributed by atoms with Crippen LogP contribution in [0.25, 0.3) is 0 Å². The minimum Gasteiger partial charge on any atom is -0.871 e. The zero-order chi connectivity index (χ0) is 3.58. The van der Waals surface area contributed by atoms with E-state index in [4.69, 9.17) is 15.1 Å². The second-order valence-electron chi connectivity index (χ2n) is 0.307. The Hall–Kier alpha value is 2.58. The molecule has 0 aromatic rings. The fraction of sp³-hybridized carbons (Fsp3) is 0. The largest absolute Gasteiger partial charge is 1.00 e. The molecule has 24 valence electrons. The smallest absolute Gasteiger partial charge is 0.871 e. The average Bonchev–Trinajstić information content (AvgIpc) is 0.811. The van der Waals surface area contributed by atoms with Crippen LogP contribution >= 0.6 is 0 Å². The summed E-state index contributed by atoms with van der Waals surface area (Å²) in [6.45, 7) is 0. The van der Waals surface area contributed by atoms with Crippen LogP contribution in [-0.2, 0) is 0 Å². The van der Waals surface area contributed by atoms with Crippen LogP contribution in [0.5, 0.6) is 0 Å². The van der Waals surface area contributed by atoms with Crippen molar-refractivity contribution in [2.75, 3.05) is 0 Å². The van der Waals surface area contributed by atoms with Gasteiger partial charge >= 0.3 is 80.9 Å². The summed E-state index contributed by atoms with van der Waals surface area (Å²) in [5.41, 5.74) is 0. The third-order valence-electron chi connectivity index (χ3n) is 0. The van der Waals surface area contributed by atoms with Gasteiger partial charge in [-0.3, -0.25) is 0 Å². The van der Waals surface area contributed by atoms with Gasteiger partial charge in [0, 0.05) is 0 Å². The van der Waals surface area contributed by atoms with E-state index in [1.165, 1.54) is 0 Å². The van der Waals surface area contributed by atoms with Gasteiger partial charge in [0.25, 0.3) is 0 Å². The van der Waals surface area contributed by atoms with Crippen molar-refractivity contribution in [2.45, 2.75) is 0 Å². The van der Waals surface area contributed by atoms with Crippen molar-refractivity contribution in [3.8, 4) is 0 Å². The van der Waals surface area contributed by atoms with Gasteiger partial charge in [0.2, 0.25) is 0 Å². The van der Waals surface area contributed by atoms with Crippen LogP contribution in [0.1, 0.15) is 0 Å². The Bertz CT molecular complexity index is 15.5. The number of rotatable bonds is 0. The molecule has 0 rings (SSSR count). The second kappa shape index (κ2) is 10.5. The molecule has 0 bridgehead atoms. The van der Waals surface area contributed by atoms with E-state index in [1.54, 1.807) is 0 Å². The molecule has 0 aliphatic heterocycles. The molecule has 0 aromatic heterocycles. The fourth-order valence-electron chi connectivity index (χ4n) is 0. The van der Waals surface area contributed by atoms with Crippen LogP contribution in [0.4, 0.5) is 0 Å². The molecule has 0 radical (unpaired) electrons. The monoisotopic (exact) mass is 122 g/mol. The van der Waals surface area contributed by atoms with E-state index in [9.17, 15) is 0 Å². The molecule has 0 fully saturated rings. The van der Waals surface area contributed by atoms with E-state index in [1.807, 2.05) is 0 Å². The molecule has 1 N–H and O–H groups in total. The van der Waals surface area contributed by atoms with Gasteiger partial charge in [0.1, 0.15) is 0 Å². The zero-order valence-electron chi connectivity index (χ0n) is 3.84. The second-order valence-corrected chi connectivity index (χ2v) is 0.307. The van der Waals surface area contributed by atoms with Gasteiger partial charge in [0.05, 0.1) is 7.32 Å². The van der Waals surface area contributed by atoms with Crippen LogP contribution in [0, 0.1) is 0 Å². The Labute approximate surface area is 101 Å². The van der Waals surface area contributed by atoms with E-state index in [-0.39, 0.29) is 80.9 Å². The van der Waals surface area contributed by atoms with E-state index in [0.29, 0.717) is 0 Å². The third kappa shape index (κ3) is 30.8. The van der Waals surface area contributed by atoms with Crippen molar-refractivity contribution in [1.82, 2.24) is 0 Å². The molecule has 3 nitrogen and oxygen atoms in total. The Morgan fingerprint density at radius 3 is 1.33 bits per heavy atom. The van der Waals surface area contributed by atoms with Crippen molar-refractivity contribution >= 4 is 7.32 Å². The predicted molar refractivity (Wildman–Crippen MR) is 7.97 cm³/mol. The Morgan fingerprint density at radius 2 is 1.33 bits per heavy atom. The summed E-state index contributed by atoms with van der Waals surface area (Å²) in [6, 6.07) is 0. The predicted octanol–water partition coefficient (Wildman–Crippen LogP) is -9.31. The molecular weight excluding hydrogens is 121 g/mol. The topological polar surface area (TPSA) is 66.3 Å². The Balaban J connectivity index is -0.0000000450. The third-order valence-corrected chi connectivity index (χ3v) is 0. The molecule has 0 saturated heterocycles. The zero-order valence-corrected chi connectivity index (χ0v) is 8.96. The van der Waals surface area contributed by atoms with Gasteiger partial charge in [-0.15, -0.1) is 0 Å². The van der Waals surface area contributed by atoms with E-state index < -0.39 is 7.32 Å². The SMILES string of the molecule is [K+].[Na+].[O-]B([O-])O. The van der Waals surface area contributed by atoms with Crippen molar-refractivity contribution < 1.29 is 96.0 Å². The first-order chi connectivity index (χ1) is 1.73. The molecule has 0 atom stereocenters. The van der Waals surface area contributed by atoms with Gasteiger partial charge in [-0.1, -0.05) is 0 Å². The Morgan fingerprint density at radius 1 is 1.33 bits per heavy atom. The molecule has 6 heavy (non-hydrogen) atoms. The van der Waals surface area contributed by atoms with Gasteiger partial charge in [0.15, 0.2) is 0 Å². The first-order valence-corrected chi connectivity index (χ1v) is 0.730. The van der Waals surface area contributed by atoms with Crippen LogP contribution in [0.2, 0.25) is 0 Å². The van der Waals surface area contributed by atoms with Gasteiger partial charge in [-0.2, -0.15) is 0 Å². The summed E-state index contributed by atoms with van der Waals surface area (Å²) in [5.74, 6) is 0. The van der Waals surface area contributed by atoms with Crippen LogP contribution in [0.15, 0.2) is 0 Å². The van der Waals surface area contributed by atoms with Crippen molar-refractivity contribution in [3.63, 3.8) is 0 Å². The quantitative estimate of drug-likeness (QED) is 0.324. The molecule has 0 aliphatic rings. The fourth-order valence-corrected chi connectivity index (χ4v) is 0. The molecule has 0 amide bonds. The summed E-state index contributed by atoms with van der Waals surface area (Å²) >= 11 is 0. The molecule has 0 aliphatic carbocycles. The molecule has 0 aromatic carbocycles. The number of hydrogen-bond acceptors (Lipinski definition) is 3. The summed E-state index contributed by atoms with van der Waals surface area (Å²) in [5, 5.41) is 24.0. The minimum absolute atomic E-state index is 0. The van der Waals surface area contributed by atoms with Crippen molar-refractivity contribution in [1.29, 1.82) is 0 Å². The van der Waals surface area contributed by atoms with Gasteiger partial charge < -0.3 is 15.1 Å². The molecule has 0 saturated carbocycles. The summed E-state index contributed by atoms with van der Waals surface area (Å²) < 4.78 is 0. The maximum absolute atomic E-state index is 8.53. The normalized spacial score (nSPS) is 4.50. The molecule has 6 heteroatoms. The maximum Gasteiger partial charge on any atom is 1.00 e. The molecule has 0 unspecified atom stereocenters. The maximum atomic E-state index is 8.53. The van der Waals surface area contributed by atoms with E-state index in [2.05, 4.69) is 0 Å². The molecule has 0 spiro atoms. The Kier molecular flexibility index (Phi) is 27.8. The average molecular weight is 122 g/mol. The molecule has 0 heterocycles. The summed E-state index contributed by atoms with van der Waals surface area (Å²) in [7, 11) is -2.67. The van der Waals surface area contributed by atoms with E-state index in [0.717, 1.165) is 0 Å². The van der Waals surface area contributed by atoms with Crippen LogP contribution < -0.4 is 91.0 Å². The van der Waals surface area contributed by atoms with Crippen LogP contribution in [0.3, 0.4) is 0 Å². The van der Waals surface area contributed by atoms with Gasteiger partial charge in [-0.25, -0.2) is 0 Å². The summed E-state index contributed by atoms with van der Waals surface area (Å²) in [6.07, 6.45) is 0. The molecular formula is HBKNaO3. The first kappa shape index (κ1) is 15.8. The minimum atomic E-state index is -2.67. The summed E-state index contributed by atoms with van der Waals surface area (Å²) in [4.78, 5) is 0. The van der Waals surface area contributed by atoms with Crippen molar-refractivity contribution in [2.24, 2.45) is 0 Å². The van der Waals surface area contributed by atoms with E-state index >= 15 is 0 Å². The standard InChI is InChI=1S/BHO3.K.Na/c2-1(3)4;;/h2H;;/q-2;2*+1. The number of hydrogen-bond donors (Lipinski definition) is 1.